The molecule has 1 aliphatic heterocycles. The van der Waals surface area contributed by atoms with Gasteiger partial charge in [-0.3, -0.25) is 24.2 Å². The van der Waals surface area contributed by atoms with E-state index in [4.69, 9.17) is 17.3 Å². The zero-order valence-electron chi connectivity index (χ0n) is 21.7. The molecular formula is C27H32ClN3O7. The van der Waals surface area contributed by atoms with E-state index >= 15 is 0 Å². The molecule has 1 saturated carbocycles. The number of Topliss-reactive ketones (excluding diaryl/α,β-unsaturated/α-hetero) is 2. The minimum atomic E-state index is -2.66. The average Bonchev–Trinajstić information content (AvgIpc) is 3.30. The Morgan fingerprint density at radius 2 is 1.82 bits per heavy atom. The van der Waals surface area contributed by atoms with Crippen molar-refractivity contribution >= 4 is 34.8 Å². The molecule has 0 spiro atoms. The molecule has 4 aliphatic rings. The number of phenolic OH excluding ortho intramolecular Hbond substituents is 1. The van der Waals surface area contributed by atoms with E-state index in [-0.39, 0.29) is 35.8 Å². The predicted molar refractivity (Wildman–Crippen MR) is 138 cm³/mol. The minimum absolute atomic E-state index is 0.0267. The highest BCUT2D eigenvalue weighted by atomic mass is 35.5. The van der Waals surface area contributed by atoms with Gasteiger partial charge in [0.2, 0.25) is 5.78 Å². The van der Waals surface area contributed by atoms with E-state index in [1.807, 2.05) is 0 Å². The molecule has 1 heterocycles. The standard InChI is InChI=1S/C27H32ClN3O7/c1-5-10(2)31-8-13-14(9-31)21(32)17-12(19(13)28)6-11-7-15-20(30(3)4)23(34)18(26(29)37)25(36)27(15,38)24(35)16(11)22(17)33/h10-11,15,20,32-33,36,38H,5-9H2,1-4H3,(H2,29,37)/t10-,11+,15+,20+,27+/m1/s1. The zero-order valence-corrected chi connectivity index (χ0v) is 22.5. The van der Waals surface area contributed by atoms with E-state index in [2.05, 4.69) is 18.7 Å². The van der Waals surface area contributed by atoms with Crippen molar-refractivity contribution in [2.75, 3.05) is 14.1 Å². The van der Waals surface area contributed by atoms with Crippen molar-refractivity contribution in [1.29, 1.82) is 0 Å². The Balaban J connectivity index is 1.70. The van der Waals surface area contributed by atoms with Crippen LogP contribution in [0.3, 0.4) is 0 Å². The van der Waals surface area contributed by atoms with E-state index in [0.717, 1.165) is 12.0 Å². The van der Waals surface area contributed by atoms with Gasteiger partial charge < -0.3 is 26.2 Å². The van der Waals surface area contributed by atoms with Crippen molar-refractivity contribution in [2.45, 2.75) is 63.9 Å². The van der Waals surface area contributed by atoms with Gasteiger partial charge in [-0.2, -0.15) is 0 Å². The number of carbonyl (C=O) groups excluding carboxylic acids is 3. The Morgan fingerprint density at radius 3 is 2.39 bits per heavy atom. The van der Waals surface area contributed by atoms with E-state index in [1.165, 1.54) is 4.90 Å². The molecule has 204 valence electrons. The summed E-state index contributed by atoms with van der Waals surface area (Å²) < 4.78 is 0. The van der Waals surface area contributed by atoms with Gasteiger partial charge in [-0.25, -0.2) is 0 Å². The number of phenols is 1. The third-order valence-electron chi connectivity index (χ3n) is 8.97. The van der Waals surface area contributed by atoms with Crippen LogP contribution in [0.15, 0.2) is 16.9 Å². The van der Waals surface area contributed by atoms with Crippen LogP contribution in [0.5, 0.6) is 5.75 Å². The number of likely N-dealkylation sites (N-methyl/N-ethyl adjacent to an activating group) is 1. The van der Waals surface area contributed by atoms with Crippen molar-refractivity contribution in [3.8, 4) is 5.75 Å². The fraction of sp³-hybridized carbons (Fsp3) is 0.519. The lowest BCUT2D eigenvalue weighted by Gasteiger charge is -2.50. The number of hydrogen-bond donors (Lipinski definition) is 5. The Kier molecular flexibility index (Phi) is 6.18. The van der Waals surface area contributed by atoms with Crippen molar-refractivity contribution in [1.82, 2.24) is 9.80 Å². The lowest BCUT2D eigenvalue weighted by atomic mass is 9.57. The molecule has 0 bridgehead atoms. The van der Waals surface area contributed by atoms with Gasteiger partial charge in [0.1, 0.15) is 22.8 Å². The van der Waals surface area contributed by atoms with E-state index in [9.17, 15) is 34.8 Å². The van der Waals surface area contributed by atoms with Crippen LogP contribution in [-0.2, 0) is 33.9 Å². The van der Waals surface area contributed by atoms with Gasteiger partial charge in [-0.15, -0.1) is 0 Å². The van der Waals surface area contributed by atoms with Crippen molar-refractivity contribution in [3.63, 3.8) is 0 Å². The summed E-state index contributed by atoms with van der Waals surface area (Å²) in [5, 5.41) is 45.8. The number of aliphatic hydroxyl groups excluding tert-OH is 2. The molecule has 1 fully saturated rings. The Morgan fingerprint density at radius 1 is 1.18 bits per heavy atom. The largest absolute Gasteiger partial charge is 0.508 e. The van der Waals surface area contributed by atoms with Gasteiger partial charge in [0.25, 0.3) is 5.91 Å². The van der Waals surface area contributed by atoms with Gasteiger partial charge in [-0.1, -0.05) is 18.5 Å². The van der Waals surface area contributed by atoms with Crippen LogP contribution >= 0.6 is 11.6 Å². The molecule has 0 radical (unpaired) electrons. The number of ketones is 2. The number of hydrogen-bond acceptors (Lipinski definition) is 9. The van der Waals surface area contributed by atoms with Gasteiger partial charge in [0, 0.05) is 41.2 Å². The summed E-state index contributed by atoms with van der Waals surface area (Å²) in [7, 11) is 3.13. The monoisotopic (exact) mass is 545 g/mol. The van der Waals surface area contributed by atoms with E-state index in [1.54, 1.807) is 14.1 Å². The van der Waals surface area contributed by atoms with Crippen LogP contribution in [0.2, 0.25) is 5.02 Å². The number of benzene rings is 1. The molecule has 38 heavy (non-hydrogen) atoms. The molecule has 1 aromatic carbocycles. The first-order valence-electron chi connectivity index (χ1n) is 12.7. The van der Waals surface area contributed by atoms with E-state index < -0.39 is 58.0 Å². The minimum Gasteiger partial charge on any atom is -0.508 e. The van der Waals surface area contributed by atoms with Gasteiger partial charge in [0.05, 0.1) is 11.6 Å². The van der Waals surface area contributed by atoms with Gasteiger partial charge >= 0.3 is 0 Å². The average molecular weight is 546 g/mol. The number of aliphatic hydroxyl groups is 3. The summed E-state index contributed by atoms with van der Waals surface area (Å²) in [4.78, 5) is 42.8. The summed E-state index contributed by atoms with van der Waals surface area (Å²) in [6.07, 6.45) is 1.10. The summed E-state index contributed by atoms with van der Waals surface area (Å²) in [6.45, 7) is 5.11. The quantitative estimate of drug-likeness (QED) is 0.354. The molecule has 1 aromatic rings. The maximum atomic E-state index is 13.9. The lowest BCUT2D eigenvalue weighted by molar-refractivity contribution is -0.153. The number of amides is 1. The summed E-state index contributed by atoms with van der Waals surface area (Å²) in [5.41, 5.74) is 3.58. The number of nitrogens with zero attached hydrogens (tertiary/aromatic N) is 2. The van der Waals surface area contributed by atoms with Gasteiger partial charge in [0.15, 0.2) is 11.4 Å². The highest BCUT2D eigenvalue weighted by Crippen LogP contribution is 2.55. The second-order valence-corrected chi connectivity index (χ2v) is 11.5. The zero-order chi connectivity index (χ0) is 28.0. The van der Waals surface area contributed by atoms with Crippen molar-refractivity contribution in [3.05, 3.63) is 44.2 Å². The molecule has 0 aromatic heterocycles. The molecule has 0 unspecified atom stereocenters. The van der Waals surface area contributed by atoms with Crippen molar-refractivity contribution < 1.29 is 34.8 Å². The third kappa shape index (κ3) is 3.33. The molecule has 0 saturated heterocycles. The normalized spacial score (nSPS) is 29.8. The van der Waals surface area contributed by atoms with Crippen LogP contribution in [0.25, 0.3) is 5.76 Å². The Hall–Kier alpha value is -2.92. The maximum absolute atomic E-state index is 13.9. The van der Waals surface area contributed by atoms with Crippen LogP contribution in [-0.4, -0.2) is 79.5 Å². The third-order valence-corrected chi connectivity index (χ3v) is 9.42. The molecule has 10 nitrogen and oxygen atoms in total. The molecule has 5 atom stereocenters. The number of carbonyl (C=O) groups is 3. The number of halogens is 1. The molecule has 1 amide bonds. The number of fused-ring (bicyclic) bond motifs is 4. The molecule has 3 aliphatic carbocycles. The molecular weight excluding hydrogens is 514 g/mol. The number of rotatable bonds is 4. The Bertz CT molecular complexity index is 1370. The fourth-order valence-corrected chi connectivity index (χ4v) is 7.15. The first kappa shape index (κ1) is 26.7. The van der Waals surface area contributed by atoms with Crippen LogP contribution < -0.4 is 5.73 Å². The second kappa shape index (κ2) is 8.81. The number of nitrogens with two attached hydrogens (primary N) is 1. The first-order valence-corrected chi connectivity index (χ1v) is 13.1. The second-order valence-electron chi connectivity index (χ2n) is 11.1. The first-order chi connectivity index (χ1) is 17.8. The van der Waals surface area contributed by atoms with Gasteiger partial charge in [-0.05, 0) is 57.3 Å². The summed E-state index contributed by atoms with van der Waals surface area (Å²) >= 11 is 6.87. The van der Waals surface area contributed by atoms with E-state index in [0.29, 0.717) is 29.2 Å². The molecule has 6 N–H and O–H groups in total. The highest BCUT2D eigenvalue weighted by Gasteiger charge is 2.64. The van der Waals surface area contributed by atoms with Crippen LogP contribution in [0, 0.1) is 11.8 Å². The highest BCUT2D eigenvalue weighted by molar-refractivity contribution is 6.33. The molecule has 11 heteroatoms. The molecule has 5 rings (SSSR count). The topological polar surface area (TPSA) is 165 Å². The SMILES string of the molecule is CC[C@@H](C)N1Cc2c(O)c3c(c(Cl)c2C1)C[C@H]1C[C@H]2[C@H](N(C)C)C(=O)C(C(N)=O)=C(O)[C@@]2(O)C(=O)C1=C3O. The summed E-state index contributed by atoms with van der Waals surface area (Å²) in [6, 6.07) is -0.890. The number of aromatic hydroxyl groups is 1. The summed E-state index contributed by atoms with van der Waals surface area (Å²) in [5.74, 6) is -6.65. The fourth-order valence-electron chi connectivity index (χ4n) is 6.81. The smallest absolute Gasteiger partial charge is 0.255 e. The maximum Gasteiger partial charge on any atom is 0.255 e. The number of primary amides is 1. The van der Waals surface area contributed by atoms with Crippen molar-refractivity contribution in [2.24, 2.45) is 17.6 Å². The van der Waals surface area contributed by atoms with Crippen LogP contribution in [0.4, 0.5) is 0 Å². The lowest BCUT2D eigenvalue weighted by Crippen LogP contribution is -2.65. The Labute approximate surface area is 225 Å². The van der Waals surface area contributed by atoms with Crippen LogP contribution in [0.1, 0.15) is 48.9 Å². The predicted octanol–water partition coefficient (Wildman–Crippen LogP) is 1.73.